The molecule has 0 saturated heterocycles. The van der Waals surface area contributed by atoms with Gasteiger partial charge >= 0.3 is 6.18 Å². The highest BCUT2D eigenvalue weighted by molar-refractivity contribution is 8.14. The smallest absolute Gasteiger partial charge is 0.370 e. The first kappa shape index (κ1) is 15.6. The van der Waals surface area contributed by atoms with Gasteiger partial charge in [0.1, 0.15) is 6.61 Å². The highest BCUT2D eigenvalue weighted by atomic mass is 32.2. The quantitative estimate of drug-likeness (QED) is 0.761. The van der Waals surface area contributed by atoms with Crippen LogP contribution in [0.2, 0.25) is 0 Å². The van der Waals surface area contributed by atoms with E-state index in [2.05, 4.69) is 28.9 Å². The Balaban J connectivity index is 2.04. The van der Waals surface area contributed by atoms with E-state index >= 15 is 0 Å². The van der Waals surface area contributed by atoms with Gasteiger partial charge in [-0.1, -0.05) is 25.6 Å². The summed E-state index contributed by atoms with van der Waals surface area (Å²) in [4.78, 5) is 4.31. The number of thioether (sulfide) groups is 1. The Morgan fingerprint density at radius 3 is 2.83 bits per heavy atom. The molecule has 1 heterocycles. The molecule has 0 aliphatic carbocycles. The van der Waals surface area contributed by atoms with Crippen LogP contribution in [0.15, 0.2) is 4.99 Å². The van der Waals surface area contributed by atoms with Crippen LogP contribution in [0.5, 0.6) is 0 Å². The predicted molar refractivity (Wildman–Crippen MR) is 68.0 cm³/mol. The van der Waals surface area contributed by atoms with E-state index in [0.717, 1.165) is 18.1 Å². The molecule has 1 aliphatic rings. The van der Waals surface area contributed by atoms with Gasteiger partial charge in [-0.3, -0.25) is 4.99 Å². The van der Waals surface area contributed by atoms with Crippen molar-refractivity contribution in [2.24, 2.45) is 10.9 Å². The van der Waals surface area contributed by atoms with Crippen molar-refractivity contribution >= 4 is 16.9 Å². The molecule has 0 aromatic carbocycles. The van der Waals surface area contributed by atoms with Crippen LogP contribution in [0.4, 0.5) is 13.2 Å². The van der Waals surface area contributed by atoms with E-state index in [1.807, 2.05) is 0 Å². The second-order valence-electron chi connectivity index (χ2n) is 4.61. The number of hydrogen-bond donors (Lipinski definition) is 1. The number of hydrogen-bond acceptors (Lipinski definition) is 4. The van der Waals surface area contributed by atoms with Gasteiger partial charge in [-0.2, -0.15) is 13.2 Å². The van der Waals surface area contributed by atoms with E-state index in [4.69, 9.17) is 0 Å². The summed E-state index contributed by atoms with van der Waals surface area (Å²) < 4.78 is 39.8. The monoisotopic (exact) mass is 284 g/mol. The zero-order valence-electron chi connectivity index (χ0n) is 10.6. The highest BCUT2D eigenvalue weighted by Crippen LogP contribution is 2.25. The van der Waals surface area contributed by atoms with Crippen LogP contribution in [0.1, 0.15) is 20.3 Å². The number of nitrogens with one attached hydrogen (secondary N) is 1. The van der Waals surface area contributed by atoms with Crippen molar-refractivity contribution in [2.45, 2.75) is 31.7 Å². The van der Waals surface area contributed by atoms with E-state index < -0.39 is 12.8 Å². The molecule has 18 heavy (non-hydrogen) atoms. The first-order valence-electron chi connectivity index (χ1n) is 5.96. The summed E-state index contributed by atoms with van der Waals surface area (Å²) in [7, 11) is 0. The fraction of sp³-hybridized carbons (Fsp3) is 0.909. The Hall–Kier alpha value is -0.430. The van der Waals surface area contributed by atoms with Gasteiger partial charge in [0.05, 0.1) is 13.2 Å². The fourth-order valence-electron chi connectivity index (χ4n) is 1.58. The van der Waals surface area contributed by atoms with Gasteiger partial charge in [0.25, 0.3) is 0 Å². The van der Waals surface area contributed by atoms with Crippen molar-refractivity contribution < 1.29 is 17.9 Å². The molecule has 1 atom stereocenters. The zero-order chi connectivity index (χ0) is 13.6. The van der Waals surface area contributed by atoms with Gasteiger partial charge in [-0.05, 0) is 12.3 Å². The average molecular weight is 284 g/mol. The van der Waals surface area contributed by atoms with Crippen LogP contribution in [-0.4, -0.2) is 42.9 Å². The summed E-state index contributed by atoms with van der Waals surface area (Å²) in [5.74, 6) is 0.632. The van der Waals surface area contributed by atoms with Crippen LogP contribution >= 0.6 is 11.8 Å². The zero-order valence-corrected chi connectivity index (χ0v) is 11.4. The number of rotatable bonds is 6. The summed E-state index contributed by atoms with van der Waals surface area (Å²) in [6, 6.07) is 0. The van der Waals surface area contributed by atoms with Gasteiger partial charge in [0, 0.05) is 11.8 Å². The maximum atomic E-state index is 11.8. The van der Waals surface area contributed by atoms with Crippen LogP contribution < -0.4 is 5.32 Å². The first-order valence-corrected chi connectivity index (χ1v) is 6.84. The predicted octanol–water partition coefficient (Wildman–Crippen LogP) is 2.67. The van der Waals surface area contributed by atoms with Crippen LogP contribution in [0.25, 0.3) is 0 Å². The lowest BCUT2D eigenvalue weighted by atomic mass is 10.1. The molecule has 1 rings (SSSR count). The van der Waals surface area contributed by atoms with Gasteiger partial charge in [-0.25, -0.2) is 0 Å². The average Bonchev–Trinajstić information content (AvgIpc) is 2.62. The number of aliphatic imine (C=N–C) groups is 1. The molecule has 0 amide bonds. The second-order valence-corrected chi connectivity index (χ2v) is 5.90. The standard InChI is InChI=1S/C11H19F3N2OS/c1-8(2)5-9-6-16-10(18-9)15-3-4-17-7-11(12,13)14/h8-9H,3-7H2,1-2H3,(H,15,16). The van der Waals surface area contributed by atoms with E-state index in [9.17, 15) is 13.2 Å². The van der Waals surface area contributed by atoms with Gasteiger partial charge < -0.3 is 10.1 Å². The van der Waals surface area contributed by atoms with E-state index in [1.165, 1.54) is 0 Å². The molecule has 1 unspecified atom stereocenters. The van der Waals surface area contributed by atoms with Crippen molar-refractivity contribution in [3.05, 3.63) is 0 Å². The Bertz CT molecular complexity index is 282. The van der Waals surface area contributed by atoms with E-state index in [1.54, 1.807) is 11.8 Å². The molecule has 0 radical (unpaired) electrons. The number of alkyl halides is 3. The molecule has 0 bridgehead atoms. The topological polar surface area (TPSA) is 33.6 Å². The number of halogens is 3. The Labute approximate surface area is 110 Å². The minimum Gasteiger partial charge on any atom is -0.370 e. The molecule has 0 spiro atoms. The number of amidine groups is 1. The third kappa shape index (κ3) is 7.10. The minimum absolute atomic E-state index is 0.0357. The summed E-state index contributed by atoms with van der Waals surface area (Å²) in [6.45, 7) is 4.32. The molecule has 106 valence electrons. The van der Waals surface area contributed by atoms with Crippen LogP contribution in [0, 0.1) is 5.92 Å². The third-order valence-electron chi connectivity index (χ3n) is 2.24. The number of nitrogens with zero attached hydrogens (tertiary/aromatic N) is 1. The molecule has 3 nitrogen and oxygen atoms in total. The summed E-state index contributed by atoms with van der Waals surface area (Å²) in [5.41, 5.74) is 0. The molecule has 1 N–H and O–H groups in total. The van der Waals surface area contributed by atoms with Crippen LogP contribution in [-0.2, 0) is 4.74 Å². The molecule has 0 fully saturated rings. The molecule has 7 heteroatoms. The van der Waals surface area contributed by atoms with Gasteiger partial charge in [-0.15, -0.1) is 0 Å². The van der Waals surface area contributed by atoms with Crippen molar-refractivity contribution in [3.63, 3.8) is 0 Å². The normalized spacial score (nSPS) is 20.3. The summed E-state index contributed by atoms with van der Waals surface area (Å²) in [6.07, 6.45) is -3.15. The largest absolute Gasteiger partial charge is 0.411 e. The first-order chi connectivity index (χ1) is 8.37. The minimum atomic E-state index is -4.25. The molecule has 0 saturated carbocycles. The number of ether oxygens (including phenoxy) is 1. The maximum Gasteiger partial charge on any atom is 0.411 e. The highest BCUT2D eigenvalue weighted by Gasteiger charge is 2.27. The maximum absolute atomic E-state index is 11.8. The summed E-state index contributed by atoms with van der Waals surface area (Å²) in [5, 5.41) is 4.30. The van der Waals surface area contributed by atoms with Crippen molar-refractivity contribution in [1.82, 2.24) is 5.32 Å². The lowest BCUT2D eigenvalue weighted by Gasteiger charge is -2.11. The fourth-order valence-corrected chi connectivity index (χ4v) is 2.86. The second kappa shape index (κ2) is 7.23. The van der Waals surface area contributed by atoms with Gasteiger partial charge in [0.15, 0.2) is 5.17 Å². The molecule has 1 aliphatic heterocycles. The Morgan fingerprint density at radius 1 is 1.50 bits per heavy atom. The van der Waals surface area contributed by atoms with Crippen molar-refractivity contribution in [3.8, 4) is 0 Å². The van der Waals surface area contributed by atoms with E-state index in [-0.39, 0.29) is 6.61 Å². The Kier molecular flexibility index (Phi) is 6.28. The lowest BCUT2D eigenvalue weighted by Crippen LogP contribution is -2.26. The SMILES string of the molecule is CC(C)CC1CN=C(NCCOCC(F)(F)F)S1. The Morgan fingerprint density at radius 2 is 2.22 bits per heavy atom. The molecular formula is C11H19F3N2OS. The molecule has 0 aromatic rings. The van der Waals surface area contributed by atoms with Crippen molar-refractivity contribution in [2.75, 3.05) is 26.3 Å². The third-order valence-corrected chi connectivity index (χ3v) is 3.41. The van der Waals surface area contributed by atoms with Crippen LogP contribution in [0.3, 0.4) is 0 Å². The van der Waals surface area contributed by atoms with Gasteiger partial charge in [0.2, 0.25) is 0 Å². The molecule has 0 aromatic heterocycles. The van der Waals surface area contributed by atoms with E-state index in [0.29, 0.717) is 17.7 Å². The van der Waals surface area contributed by atoms with Crippen molar-refractivity contribution in [1.29, 1.82) is 0 Å². The summed E-state index contributed by atoms with van der Waals surface area (Å²) >= 11 is 1.66. The lowest BCUT2D eigenvalue weighted by molar-refractivity contribution is -0.173. The molecular weight excluding hydrogens is 265 g/mol.